The highest BCUT2D eigenvalue weighted by molar-refractivity contribution is 6.31. The number of nitrogens with zero attached hydrogens (tertiary/aromatic N) is 2. The van der Waals surface area contributed by atoms with Crippen LogP contribution in [0.25, 0.3) is 0 Å². The van der Waals surface area contributed by atoms with Gasteiger partial charge >= 0.3 is 0 Å². The molecule has 0 radical (unpaired) electrons. The fourth-order valence-corrected chi connectivity index (χ4v) is 2.85. The summed E-state index contributed by atoms with van der Waals surface area (Å²) in [6.07, 6.45) is 1.47. The second kappa shape index (κ2) is 7.59. The maximum atomic E-state index is 6.07. The molecule has 1 aromatic heterocycles. The van der Waals surface area contributed by atoms with Gasteiger partial charge in [-0.15, -0.1) is 0 Å². The van der Waals surface area contributed by atoms with Gasteiger partial charge in [-0.2, -0.15) is 0 Å². The first kappa shape index (κ1) is 17.2. The number of hydrogen-bond acceptors (Lipinski definition) is 7. The van der Waals surface area contributed by atoms with E-state index in [9.17, 15) is 0 Å². The second-order valence-corrected chi connectivity index (χ2v) is 6.18. The summed E-state index contributed by atoms with van der Waals surface area (Å²) in [5, 5.41) is 7.03. The van der Waals surface area contributed by atoms with Crippen LogP contribution in [0.4, 0.5) is 23.0 Å². The van der Waals surface area contributed by atoms with Crippen molar-refractivity contribution in [3.05, 3.63) is 53.8 Å². The van der Waals surface area contributed by atoms with E-state index in [4.69, 9.17) is 25.8 Å². The fourth-order valence-electron chi connectivity index (χ4n) is 2.68. The third-order valence-corrected chi connectivity index (χ3v) is 4.14. The van der Waals surface area contributed by atoms with Crippen molar-refractivity contribution >= 4 is 34.6 Å². The lowest BCUT2D eigenvalue weighted by molar-refractivity contribution is 0.171. The maximum Gasteiger partial charge on any atom is 0.163 e. The minimum Gasteiger partial charge on any atom is -0.495 e. The molecule has 0 fully saturated rings. The molecule has 27 heavy (non-hydrogen) atoms. The molecule has 0 saturated carbocycles. The van der Waals surface area contributed by atoms with Crippen LogP contribution >= 0.6 is 11.6 Å². The summed E-state index contributed by atoms with van der Waals surface area (Å²) in [4.78, 5) is 8.50. The highest BCUT2D eigenvalue weighted by Gasteiger charge is 2.12. The van der Waals surface area contributed by atoms with Gasteiger partial charge in [-0.05, 0) is 30.3 Å². The van der Waals surface area contributed by atoms with Crippen molar-refractivity contribution in [3.63, 3.8) is 0 Å². The van der Waals surface area contributed by atoms with Crippen molar-refractivity contribution in [2.24, 2.45) is 0 Å². The van der Waals surface area contributed by atoms with Crippen molar-refractivity contribution in [3.8, 4) is 17.2 Å². The topological polar surface area (TPSA) is 77.5 Å². The van der Waals surface area contributed by atoms with Crippen LogP contribution in [0, 0.1) is 0 Å². The average Bonchev–Trinajstić information content (AvgIpc) is 2.68. The lowest BCUT2D eigenvalue weighted by Gasteiger charge is -2.19. The normalized spacial score (nSPS) is 12.4. The van der Waals surface area contributed by atoms with E-state index in [-0.39, 0.29) is 0 Å². The summed E-state index contributed by atoms with van der Waals surface area (Å²) < 4.78 is 16.5. The highest BCUT2D eigenvalue weighted by Crippen LogP contribution is 2.34. The van der Waals surface area contributed by atoms with Gasteiger partial charge in [0, 0.05) is 22.8 Å². The number of aromatic nitrogens is 2. The third kappa shape index (κ3) is 3.98. The lowest BCUT2D eigenvalue weighted by Crippen LogP contribution is -2.15. The first-order chi connectivity index (χ1) is 13.2. The van der Waals surface area contributed by atoms with Crippen LogP contribution in [0.1, 0.15) is 0 Å². The van der Waals surface area contributed by atoms with Gasteiger partial charge in [0.1, 0.15) is 36.9 Å². The van der Waals surface area contributed by atoms with E-state index in [0.717, 1.165) is 11.4 Å². The molecule has 138 valence electrons. The average molecular weight is 385 g/mol. The van der Waals surface area contributed by atoms with Crippen LogP contribution in [0.3, 0.4) is 0 Å². The predicted molar refractivity (Wildman–Crippen MR) is 104 cm³/mol. The van der Waals surface area contributed by atoms with Gasteiger partial charge in [-0.1, -0.05) is 11.6 Å². The van der Waals surface area contributed by atoms with Crippen molar-refractivity contribution in [1.29, 1.82) is 0 Å². The van der Waals surface area contributed by atoms with E-state index in [0.29, 0.717) is 47.1 Å². The Labute approximate surface area is 161 Å². The number of anilines is 4. The summed E-state index contributed by atoms with van der Waals surface area (Å²) in [5.74, 6) is 3.35. The standard InChI is InChI=1S/C19H17ClN4O3/c1-25-15-4-2-12(20)8-14(15)24-19-10-18(21-11-22-19)23-13-3-5-16-17(9-13)27-7-6-26-16/h2-5,8-11H,6-7H2,1H3,(H2,21,22,23,24). The van der Waals surface area contributed by atoms with Crippen molar-refractivity contribution in [1.82, 2.24) is 9.97 Å². The van der Waals surface area contributed by atoms with Crippen molar-refractivity contribution < 1.29 is 14.2 Å². The Bertz CT molecular complexity index is 967. The quantitative estimate of drug-likeness (QED) is 0.675. The van der Waals surface area contributed by atoms with Gasteiger partial charge < -0.3 is 24.8 Å². The summed E-state index contributed by atoms with van der Waals surface area (Å²) in [7, 11) is 1.60. The molecular formula is C19H17ClN4O3. The van der Waals surface area contributed by atoms with Gasteiger partial charge in [0.25, 0.3) is 0 Å². The van der Waals surface area contributed by atoms with E-state index in [1.807, 2.05) is 18.2 Å². The Kier molecular flexibility index (Phi) is 4.84. The summed E-state index contributed by atoms with van der Waals surface area (Å²) in [6.45, 7) is 1.10. The molecule has 2 aromatic carbocycles. The molecule has 4 rings (SSSR count). The molecule has 2 heterocycles. The molecule has 2 N–H and O–H groups in total. The first-order valence-corrected chi connectivity index (χ1v) is 8.68. The largest absolute Gasteiger partial charge is 0.495 e. The minimum atomic E-state index is 0.541. The molecule has 0 aliphatic carbocycles. The zero-order valence-electron chi connectivity index (χ0n) is 14.5. The number of halogens is 1. The molecular weight excluding hydrogens is 368 g/mol. The Morgan fingerprint density at radius 3 is 2.52 bits per heavy atom. The number of ether oxygens (including phenoxy) is 3. The molecule has 0 amide bonds. The molecule has 1 aliphatic heterocycles. The Hall–Kier alpha value is -3.19. The molecule has 3 aromatic rings. The van der Waals surface area contributed by atoms with Gasteiger partial charge in [-0.3, -0.25) is 0 Å². The molecule has 0 unspecified atom stereocenters. The summed E-state index contributed by atoms with van der Waals surface area (Å²) in [5.41, 5.74) is 1.55. The van der Waals surface area contributed by atoms with Crippen LogP contribution in [0.5, 0.6) is 17.2 Å². The molecule has 0 spiro atoms. The Balaban J connectivity index is 1.54. The Morgan fingerprint density at radius 2 is 1.70 bits per heavy atom. The molecule has 0 bridgehead atoms. The number of fused-ring (bicyclic) bond motifs is 1. The van der Waals surface area contributed by atoms with Gasteiger partial charge in [-0.25, -0.2) is 9.97 Å². The van der Waals surface area contributed by atoms with E-state index in [1.54, 1.807) is 31.4 Å². The van der Waals surface area contributed by atoms with E-state index in [2.05, 4.69) is 20.6 Å². The zero-order valence-corrected chi connectivity index (χ0v) is 15.3. The minimum absolute atomic E-state index is 0.541. The van der Waals surface area contributed by atoms with Crippen LogP contribution < -0.4 is 24.8 Å². The number of hydrogen-bond donors (Lipinski definition) is 2. The van der Waals surface area contributed by atoms with Crippen LogP contribution in [-0.4, -0.2) is 30.3 Å². The molecule has 8 heteroatoms. The Morgan fingerprint density at radius 1 is 0.926 bits per heavy atom. The maximum absolute atomic E-state index is 6.07. The monoisotopic (exact) mass is 384 g/mol. The second-order valence-electron chi connectivity index (χ2n) is 5.74. The number of rotatable bonds is 5. The van der Waals surface area contributed by atoms with Crippen LogP contribution in [0.2, 0.25) is 5.02 Å². The molecule has 0 atom stereocenters. The van der Waals surface area contributed by atoms with Gasteiger partial charge in [0.15, 0.2) is 11.5 Å². The van der Waals surface area contributed by atoms with Gasteiger partial charge in [0.2, 0.25) is 0 Å². The SMILES string of the molecule is COc1ccc(Cl)cc1Nc1cc(Nc2ccc3c(c2)OCCO3)ncn1. The van der Waals surface area contributed by atoms with E-state index in [1.165, 1.54) is 6.33 Å². The van der Waals surface area contributed by atoms with Gasteiger partial charge in [0.05, 0.1) is 12.8 Å². The first-order valence-electron chi connectivity index (χ1n) is 8.30. The molecule has 7 nitrogen and oxygen atoms in total. The van der Waals surface area contributed by atoms with E-state index < -0.39 is 0 Å². The smallest absolute Gasteiger partial charge is 0.163 e. The number of benzene rings is 2. The predicted octanol–water partition coefficient (Wildman–Crippen LogP) is 4.40. The van der Waals surface area contributed by atoms with Crippen LogP contribution in [-0.2, 0) is 0 Å². The lowest BCUT2D eigenvalue weighted by atomic mass is 10.2. The van der Waals surface area contributed by atoms with Crippen molar-refractivity contribution in [2.75, 3.05) is 31.0 Å². The van der Waals surface area contributed by atoms with Crippen LogP contribution in [0.15, 0.2) is 48.8 Å². The zero-order chi connectivity index (χ0) is 18.6. The highest BCUT2D eigenvalue weighted by atomic mass is 35.5. The number of nitrogens with one attached hydrogen (secondary N) is 2. The van der Waals surface area contributed by atoms with Crippen molar-refractivity contribution in [2.45, 2.75) is 0 Å². The third-order valence-electron chi connectivity index (χ3n) is 3.91. The van der Waals surface area contributed by atoms with E-state index >= 15 is 0 Å². The summed E-state index contributed by atoms with van der Waals surface area (Å²) in [6, 6.07) is 12.8. The summed E-state index contributed by atoms with van der Waals surface area (Å²) >= 11 is 6.07. The number of methoxy groups -OCH3 is 1. The molecule has 1 aliphatic rings. The molecule has 0 saturated heterocycles. The fraction of sp³-hybridized carbons (Fsp3) is 0.158.